The SMILES string of the molecule is CCOC1(C(=O)c2cnccc2N)CCCC(C)C1. The Labute approximate surface area is 114 Å². The molecule has 0 aromatic carbocycles. The molecule has 0 spiro atoms. The Balaban J connectivity index is 2.33. The zero-order valence-electron chi connectivity index (χ0n) is 11.7. The van der Waals surface area contributed by atoms with Gasteiger partial charge in [-0.05, 0) is 38.2 Å². The Morgan fingerprint density at radius 1 is 1.63 bits per heavy atom. The Morgan fingerprint density at radius 2 is 2.42 bits per heavy atom. The summed E-state index contributed by atoms with van der Waals surface area (Å²) in [5, 5.41) is 0. The van der Waals surface area contributed by atoms with Crippen LogP contribution >= 0.6 is 0 Å². The van der Waals surface area contributed by atoms with E-state index >= 15 is 0 Å². The first-order valence-corrected chi connectivity index (χ1v) is 6.97. The Hall–Kier alpha value is -1.42. The highest BCUT2D eigenvalue weighted by atomic mass is 16.5. The molecule has 0 radical (unpaired) electrons. The van der Waals surface area contributed by atoms with E-state index in [0.29, 0.717) is 23.8 Å². The van der Waals surface area contributed by atoms with Crippen LogP contribution in [0.1, 0.15) is 49.9 Å². The maximum Gasteiger partial charge on any atom is 0.198 e. The predicted molar refractivity (Wildman–Crippen MR) is 75.0 cm³/mol. The van der Waals surface area contributed by atoms with Crippen molar-refractivity contribution in [2.24, 2.45) is 5.92 Å². The topological polar surface area (TPSA) is 65.2 Å². The van der Waals surface area contributed by atoms with Gasteiger partial charge in [-0.2, -0.15) is 0 Å². The number of ether oxygens (including phenoxy) is 1. The second kappa shape index (κ2) is 5.70. The first-order chi connectivity index (χ1) is 9.09. The zero-order chi connectivity index (χ0) is 13.9. The van der Waals surface area contributed by atoms with Crippen molar-refractivity contribution in [2.75, 3.05) is 12.3 Å². The summed E-state index contributed by atoms with van der Waals surface area (Å²) < 4.78 is 5.88. The van der Waals surface area contributed by atoms with Crippen molar-refractivity contribution in [3.63, 3.8) is 0 Å². The molecule has 1 fully saturated rings. The number of anilines is 1. The molecule has 1 aliphatic rings. The minimum absolute atomic E-state index is 0.00787. The van der Waals surface area contributed by atoms with Gasteiger partial charge in [-0.25, -0.2) is 0 Å². The molecular weight excluding hydrogens is 240 g/mol. The summed E-state index contributed by atoms with van der Waals surface area (Å²) >= 11 is 0. The fraction of sp³-hybridized carbons (Fsp3) is 0.600. The Kier molecular flexibility index (Phi) is 4.20. The molecule has 1 aromatic rings. The molecule has 0 bridgehead atoms. The number of hydrogen-bond donors (Lipinski definition) is 1. The number of rotatable bonds is 4. The lowest BCUT2D eigenvalue weighted by Gasteiger charge is -2.38. The van der Waals surface area contributed by atoms with Crippen LogP contribution in [-0.2, 0) is 4.74 Å². The highest BCUT2D eigenvalue weighted by Crippen LogP contribution is 2.38. The number of aromatic nitrogens is 1. The molecule has 0 aliphatic heterocycles. The molecule has 0 saturated heterocycles. The van der Waals surface area contributed by atoms with E-state index in [4.69, 9.17) is 10.5 Å². The van der Waals surface area contributed by atoms with E-state index in [1.807, 2.05) is 6.92 Å². The van der Waals surface area contributed by atoms with Crippen LogP contribution in [0.5, 0.6) is 0 Å². The average Bonchev–Trinajstić information content (AvgIpc) is 2.39. The van der Waals surface area contributed by atoms with Gasteiger partial charge in [-0.3, -0.25) is 9.78 Å². The van der Waals surface area contributed by atoms with Crippen molar-refractivity contribution in [3.05, 3.63) is 24.0 Å². The molecule has 2 unspecified atom stereocenters. The standard InChI is InChI=1S/C15H22N2O2/c1-3-19-15(7-4-5-11(2)9-15)14(18)12-10-17-8-6-13(12)16/h6,8,10-11H,3-5,7,9H2,1-2H3,(H2,16,17). The molecule has 1 heterocycles. The summed E-state index contributed by atoms with van der Waals surface area (Å²) in [6.45, 7) is 4.65. The second-order valence-corrected chi connectivity index (χ2v) is 5.42. The molecule has 0 amide bonds. The minimum atomic E-state index is -0.705. The number of carbonyl (C=O) groups is 1. The number of nitrogens with two attached hydrogens (primary N) is 1. The third kappa shape index (κ3) is 2.78. The Morgan fingerprint density at radius 3 is 3.05 bits per heavy atom. The van der Waals surface area contributed by atoms with E-state index in [-0.39, 0.29) is 5.78 Å². The van der Waals surface area contributed by atoms with Crippen molar-refractivity contribution in [2.45, 2.75) is 45.1 Å². The molecule has 1 aliphatic carbocycles. The number of hydrogen-bond acceptors (Lipinski definition) is 4. The van der Waals surface area contributed by atoms with E-state index in [0.717, 1.165) is 25.7 Å². The van der Waals surface area contributed by atoms with Gasteiger partial charge in [0, 0.05) is 24.7 Å². The van der Waals surface area contributed by atoms with Crippen molar-refractivity contribution < 1.29 is 9.53 Å². The fourth-order valence-corrected chi connectivity index (χ4v) is 3.02. The van der Waals surface area contributed by atoms with Crippen LogP contribution in [0.15, 0.2) is 18.5 Å². The summed E-state index contributed by atoms with van der Waals surface area (Å²) in [5.74, 6) is 0.494. The van der Waals surface area contributed by atoms with E-state index in [1.165, 1.54) is 0 Å². The van der Waals surface area contributed by atoms with Gasteiger partial charge in [0.1, 0.15) is 5.60 Å². The normalized spacial score (nSPS) is 27.2. The third-order valence-corrected chi connectivity index (χ3v) is 3.89. The molecule has 4 nitrogen and oxygen atoms in total. The van der Waals surface area contributed by atoms with Crippen LogP contribution in [-0.4, -0.2) is 23.0 Å². The van der Waals surface area contributed by atoms with Crippen molar-refractivity contribution in [3.8, 4) is 0 Å². The smallest absolute Gasteiger partial charge is 0.198 e. The van der Waals surface area contributed by atoms with Crippen LogP contribution in [0.25, 0.3) is 0 Å². The highest BCUT2D eigenvalue weighted by Gasteiger charge is 2.43. The van der Waals surface area contributed by atoms with Crippen LogP contribution in [0.3, 0.4) is 0 Å². The van der Waals surface area contributed by atoms with Gasteiger partial charge in [0.15, 0.2) is 5.78 Å². The van der Waals surface area contributed by atoms with E-state index < -0.39 is 5.60 Å². The summed E-state index contributed by atoms with van der Waals surface area (Å²) in [6.07, 6.45) is 6.88. The lowest BCUT2D eigenvalue weighted by atomic mass is 9.75. The number of pyridine rings is 1. The van der Waals surface area contributed by atoms with Crippen LogP contribution in [0, 0.1) is 5.92 Å². The summed E-state index contributed by atoms with van der Waals surface area (Å²) in [6, 6.07) is 1.67. The average molecular weight is 262 g/mol. The van der Waals surface area contributed by atoms with E-state index in [2.05, 4.69) is 11.9 Å². The van der Waals surface area contributed by atoms with Crippen molar-refractivity contribution >= 4 is 11.5 Å². The van der Waals surface area contributed by atoms with Gasteiger partial charge in [0.05, 0.1) is 5.56 Å². The number of nitrogen functional groups attached to an aromatic ring is 1. The summed E-state index contributed by atoms with van der Waals surface area (Å²) in [7, 11) is 0. The van der Waals surface area contributed by atoms with Crippen molar-refractivity contribution in [1.82, 2.24) is 4.98 Å². The van der Waals surface area contributed by atoms with E-state index in [9.17, 15) is 4.79 Å². The molecule has 2 rings (SSSR count). The lowest BCUT2D eigenvalue weighted by Crippen LogP contribution is -2.45. The molecule has 1 aromatic heterocycles. The number of nitrogens with zero attached hydrogens (tertiary/aromatic N) is 1. The Bertz CT molecular complexity index is 457. The van der Waals surface area contributed by atoms with Gasteiger partial charge in [-0.1, -0.05) is 13.3 Å². The largest absolute Gasteiger partial charge is 0.398 e. The van der Waals surface area contributed by atoms with Gasteiger partial charge < -0.3 is 10.5 Å². The predicted octanol–water partition coefficient (Wildman–Crippen LogP) is 2.83. The maximum atomic E-state index is 12.8. The molecular formula is C15H22N2O2. The molecule has 2 atom stereocenters. The monoisotopic (exact) mass is 262 g/mol. The molecule has 4 heteroatoms. The van der Waals surface area contributed by atoms with Crippen LogP contribution < -0.4 is 5.73 Å². The second-order valence-electron chi connectivity index (χ2n) is 5.42. The number of Topliss-reactive ketones (excluding diaryl/α,β-unsaturated/α-hetero) is 1. The summed E-state index contributed by atoms with van der Waals surface area (Å²) in [4.78, 5) is 16.8. The third-order valence-electron chi connectivity index (χ3n) is 3.89. The molecule has 104 valence electrons. The van der Waals surface area contributed by atoms with Gasteiger partial charge in [0.2, 0.25) is 0 Å². The zero-order valence-corrected chi connectivity index (χ0v) is 11.7. The first-order valence-electron chi connectivity index (χ1n) is 6.97. The van der Waals surface area contributed by atoms with Gasteiger partial charge in [0.25, 0.3) is 0 Å². The van der Waals surface area contributed by atoms with Gasteiger partial charge >= 0.3 is 0 Å². The van der Waals surface area contributed by atoms with Crippen LogP contribution in [0.2, 0.25) is 0 Å². The molecule has 1 saturated carbocycles. The molecule has 19 heavy (non-hydrogen) atoms. The number of ketones is 1. The fourth-order valence-electron chi connectivity index (χ4n) is 3.02. The molecule has 2 N–H and O–H groups in total. The first kappa shape index (κ1) is 14.0. The minimum Gasteiger partial charge on any atom is -0.398 e. The summed E-state index contributed by atoms with van der Waals surface area (Å²) in [5.41, 5.74) is 6.17. The lowest BCUT2D eigenvalue weighted by molar-refractivity contribution is -0.0511. The number of carbonyl (C=O) groups excluding carboxylic acids is 1. The van der Waals surface area contributed by atoms with Crippen LogP contribution in [0.4, 0.5) is 5.69 Å². The maximum absolute atomic E-state index is 12.8. The van der Waals surface area contributed by atoms with E-state index in [1.54, 1.807) is 18.5 Å². The quantitative estimate of drug-likeness (QED) is 0.847. The highest BCUT2D eigenvalue weighted by molar-refractivity contribution is 6.06. The van der Waals surface area contributed by atoms with Gasteiger partial charge in [-0.15, -0.1) is 0 Å². The van der Waals surface area contributed by atoms with Crippen molar-refractivity contribution in [1.29, 1.82) is 0 Å².